The largest absolute Gasteiger partial charge is 0.456 e. The van der Waals surface area contributed by atoms with Crippen LogP contribution in [0.4, 0.5) is 0 Å². The highest BCUT2D eigenvalue weighted by Gasteiger charge is 2.09. The lowest BCUT2D eigenvalue weighted by Crippen LogP contribution is -2.07. The van der Waals surface area contributed by atoms with E-state index in [1.165, 1.54) is 12.3 Å². The highest BCUT2D eigenvalue weighted by molar-refractivity contribution is 6.31. The molecule has 0 N–H and O–H groups in total. The fourth-order valence-corrected chi connectivity index (χ4v) is 1.61. The SMILES string of the molecule is O=C(OCc1ccc(Cl)cc1)c1cc(Cl)ccn1. The van der Waals surface area contributed by atoms with Crippen molar-refractivity contribution < 1.29 is 9.53 Å². The topological polar surface area (TPSA) is 39.2 Å². The lowest BCUT2D eigenvalue weighted by atomic mass is 10.2. The van der Waals surface area contributed by atoms with Gasteiger partial charge in [0.25, 0.3) is 0 Å². The van der Waals surface area contributed by atoms with Crippen LogP contribution in [0.25, 0.3) is 0 Å². The van der Waals surface area contributed by atoms with Crippen LogP contribution in [0.5, 0.6) is 0 Å². The lowest BCUT2D eigenvalue weighted by molar-refractivity contribution is 0.0466. The predicted octanol–water partition coefficient (Wildman–Crippen LogP) is 3.75. The van der Waals surface area contributed by atoms with Crippen molar-refractivity contribution in [3.8, 4) is 0 Å². The van der Waals surface area contributed by atoms with E-state index in [-0.39, 0.29) is 12.3 Å². The molecule has 0 spiro atoms. The molecule has 1 aromatic carbocycles. The third kappa shape index (κ3) is 3.45. The number of nitrogens with zero attached hydrogens (tertiary/aromatic N) is 1. The van der Waals surface area contributed by atoms with Crippen LogP contribution in [-0.4, -0.2) is 11.0 Å². The van der Waals surface area contributed by atoms with E-state index in [9.17, 15) is 4.79 Å². The van der Waals surface area contributed by atoms with Gasteiger partial charge in [0.1, 0.15) is 12.3 Å². The number of hydrogen-bond donors (Lipinski definition) is 0. The number of carbonyl (C=O) groups is 1. The monoisotopic (exact) mass is 281 g/mol. The Morgan fingerprint density at radius 1 is 1.11 bits per heavy atom. The van der Waals surface area contributed by atoms with E-state index in [1.807, 2.05) is 0 Å². The van der Waals surface area contributed by atoms with Crippen molar-refractivity contribution in [3.63, 3.8) is 0 Å². The van der Waals surface area contributed by atoms with Gasteiger partial charge in [-0.2, -0.15) is 0 Å². The molecule has 92 valence electrons. The molecule has 0 bridgehead atoms. The molecule has 0 aliphatic heterocycles. The van der Waals surface area contributed by atoms with Gasteiger partial charge in [-0.15, -0.1) is 0 Å². The van der Waals surface area contributed by atoms with Gasteiger partial charge in [0.05, 0.1) is 0 Å². The van der Waals surface area contributed by atoms with Gasteiger partial charge >= 0.3 is 5.97 Å². The third-order valence-electron chi connectivity index (χ3n) is 2.21. The summed E-state index contributed by atoms with van der Waals surface area (Å²) in [5.41, 5.74) is 1.05. The molecule has 0 saturated carbocycles. The van der Waals surface area contributed by atoms with Crippen LogP contribution >= 0.6 is 23.2 Å². The molecule has 0 saturated heterocycles. The molecule has 18 heavy (non-hydrogen) atoms. The zero-order chi connectivity index (χ0) is 13.0. The van der Waals surface area contributed by atoms with Crippen LogP contribution < -0.4 is 0 Å². The minimum absolute atomic E-state index is 0.171. The van der Waals surface area contributed by atoms with Crippen molar-refractivity contribution >= 4 is 29.2 Å². The zero-order valence-corrected chi connectivity index (χ0v) is 10.8. The Labute approximate surface area is 114 Å². The second-order valence-electron chi connectivity index (χ2n) is 3.56. The second-order valence-corrected chi connectivity index (χ2v) is 4.43. The first kappa shape index (κ1) is 12.9. The van der Waals surface area contributed by atoms with Crippen molar-refractivity contribution in [2.75, 3.05) is 0 Å². The molecule has 0 amide bonds. The first-order chi connectivity index (χ1) is 8.65. The zero-order valence-electron chi connectivity index (χ0n) is 9.27. The first-order valence-electron chi connectivity index (χ1n) is 5.18. The van der Waals surface area contributed by atoms with E-state index in [0.717, 1.165) is 5.56 Å². The summed E-state index contributed by atoms with van der Waals surface area (Å²) < 4.78 is 5.11. The summed E-state index contributed by atoms with van der Waals surface area (Å²) in [5, 5.41) is 1.09. The van der Waals surface area contributed by atoms with Gasteiger partial charge < -0.3 is 4.74 Å². The number of pyridine rings is 1. The highest BCUT2D eigenvalue weighted by Crippen LogP contribution is 2.12. The van der Waals surface area contributed by atoms with Gasteiger partial charge in [0.2, 0.25) is 0 Å². The van der Waals surface area contributed by atoms with Crippen molar-refractivity contribution in [2.45, 2.75) is 6.61 Å². The quantitative estimate of drug-likeness (QED) is 0.805. The maximum absolute atomic E-state index is 11.7. The van der Waals surface area contributed by atoms with Gasteiger partial charge in [-0.1, -0.05) is 35.3 Å². The minimum atomic E-state index is -0.507. The van der Waals surface area contributed by atoms with Gasteiger partial charge in [-0.25, -0.2) is 9.78 Å². The van der Waals surface area contributed by atoms with Gasteiger partial charge in [0, 0.05) is 16.2 Å². The molecule has 2 aromatic rings. The van der Waals surface area contributed by atoms with Crippen molar-refractivity contribution in [1.29, 1.82) is 0 Å². The molecular formula is C13H9Cl2NO2. The van der Waals surface area contributed by atoms with Crippen molar-refractivity contribution in [2.24, 2.45) is 0 Å². The molecule has 5 heteroatoms. The standard InChI is InChI=1S/C13H9Cl2NO2/c14-10-3-1-9(2-4-10)8-18-13(17)12-7-11(15)5-6-16-12/h1-7H,8H2. The molecule has 0 aliphatic carbocycles. The Morgan fingerprint density at radius 2 is 1.83 bits per heavy atom. The Kier molecular flexibility index (Phi) is 4.18. The molecule has 0 aliphatic rings. The highest BCUT2D eigenvalue weighted by atomic mass is 35.5. The molecule has 0 atom stereocenters. The first-order valence-corrected chi connectivity index (χ1v) is 5.94. The number of rotatable bonds is 3. The average molecular weight is 282 g/mol. The second kappa shape index (κ2) is 5.85. The van der Waals surface area contributed by atoms with E-state index < -0.39 is 5.97 Å². The van der Waals surface area contributed by atoms with Crippen molar-refractivity contribution in [1.82, 2.24) is 4.98 Å². The summed E-state index contributed by atoms with van der Waals surface area (Å²) in [6, 6.07) is 10.1. The Balaban J connectivity index is 1.98. The Morgan fingerprint density at radius 3 is 2.50 bits per heavy atom. The number of hydrogen-bond acceptors (Lipinski definition) is 3. The van der Waals surface area contributed by atoms with Crippen LogP contribution in [-0.2, 0) is 11.3 Å². The van der Waals surface area contributed by atoms with Crippen molar-refractivity contribution in [3.05, 3.63) is 63.9 Å². The van der Waals surface area contributed by atoms with Crippen LogP contribution in [0.1, 0.15) is 16.1 Å². The van der Waals surface area contributed by atoms with Crippen LogP contribution in [0.3, 0.4) is 0 Å². The fraction of sp³-hybridized carbons (Fsp3) is 0.0769. The Bertz CT molecular complexity index is 555. The van der Waals surface area contributed by atoms with E-state index in [4.69, 9.17) is 27.9 Å². The average Bonchev–Trinajstić information content (AvgIpc) is 2.38. The minimum Gasteiger partial charge on any atom is -0.456 e. The molecular weight excluding hydrogens is 273 g/mol. The number of aromatic nitrogens is 1. The Hall–Kier alpha value is -1.58. The molecule has 0 radical (unpaired) electrons. The number of benzene rings is 1. The molecule has 0 unspecified atom stereocenters. The number of carbonyl (C=O) groups excluding carboxylic acids is 1. The summed E-state index contributed by atoms with van der Waals surface area (Å²) in [5.74, 6) is -0.507. The molecule has 1 heterocycles. The van der Waals surface area contributed by atoms with E-state index in [1.54, 1.807) is 30.3 Å². The summed E-state index contributed by atoms with van der Waals surface area (Å²) in [6.07, 6.45) is 1.46. The summed E-state index contributed by atoms with van der Waals surface area (Å²) >= 11 is 11.5. The predicted molar refractivity (Wildman–Crippen MR) is 69.8 cm³/mol. The van der Waals surface area contributed by atoms with E-state index in [2.05, 4.69) is 4.98 Å². The summed E-state index contributed by atoms with van der Waals surface area (Å²) in [4.78, 5) is 15.6. The van der Waals surface area contributed by atoms with Crippen LogP contribution in [0, 0.1) is 0 Å². The van der Waals surface area contributed by atoms with Gasteiger partial charge in [-0.05, 0) is 29.8 Å². The summed E-state index contributed by atoms with van der Waals surface area (Å²) in [6.45, 7) is 0.171. The number of halogens is 2. The van der Waals surface area contributed by atoms with Crippen LogP contribution in [0.15, 0.2) is 42.6 Å². The molecule has 0 fully saturated rings. The summed E-state index contributed by atoms with van der Waals surface area (Å²) in [7, 11) is 0. The van der Waals surface area contributed by atoms with Gasteiger partial charge in [0.15, 0.2) is 0 Å². The van der Waals surface area contributed by atoms with Gasteiger partial charge in [-0.3, -0.25) is 0 Å². The lowest BCUT2D eigenvalue weighted by Gasteiger charge is -2.04. The molecule has 1 aromatic heterocycles. The maximum Gasteiger partial charge on any atom is 0.357 e. The van der Waals surface area contributed by atoms with E-state index >= 15 is 0 Å². The van der Waals surface area contributed by atoms with E-state index in [0.29, 0.717) is 10.0 Å². The smallest absolute Gasteiger partial charge is 0.357 e. The number of ether oxygens (including phenoxy) is 1. The number of esters is 1. The maximum atomic E-state index is 11.7. The molecule has 2 rings (SSSR count). The third-order valence-corrected chi connectivity index (χ3v) is 2.70. The van der Waals surface area contributed by atoms with Crippen LogP contribution in [0.2, 0.25) is 10.0 Å². The molecule has 3 nitrogen and oxygen atoms in total. The fourth-order valence-electron chi connectivity index (χ4n) is 1.32. The normalized spacial score (nSPS) is 10.1.